The van der Waals surface area contributed by atoms with Crippen molar-refractivity contribution in [1.82, 2.24) is 9.88 Å². The first-order valence-corrected chi connectivity index (χ1v) is 8.91. The van der Waals surface area contributed by atoms with Crippen molar-refractivity contribution < 1.29 is 14.3 Å². The van der Waals surface area contributed by atoms with Crippen LogP contribution in [0.25, 0.3) is 0 Å². The summed E-state index contributed by atoms with van der Waals surface area (Å²) in [6.45, 7) is 10.2. The quantitative estimate of drug-likeness (QED) is 0.788. The Morgan fingerprint density at radius 3 is 2.40 bits per heavy atom. The van der Waals surface area contributed by atoms with Gasteiger partial charge in [0.05, 0.1) is 17.3 Å². The predicted molar refractivity (Wildman–Crippen MR) is 95.9 cm³/mol. The third-order valence-electron chi connectivity index (χ3n) is 4.74. The molecule has 0 spiro atoms. The Balaban J connectivity index is 1.66. The van der Waals surface area contributed by atoms with Crippen LogP contribution in [0.15, 0.2) is 18.5 Å². The lowest BCUT2D eigenvalue weighted by Crippen LogP contribution is -2.61. The number of ketones is 1. The molecule has 2 aliphatic heterocycles. The molecule has 1 aromatic rings. The van der Waals surface area contributed by atoms with E-state index in [4.69, 9.17) is 4.74 Å². The molecule has 0 bridgehead atoms. The van der Waals surface area contributed by atoms with Crippen LogP contribution < -0.4 is 4.90 Å². The number of hydrogen-bond donors (Lipinski definition) is 0. The monoisotopic (exact) mass is 345 g/mol. The number of pyridine rings is 1. The highest BCUT2D eigenvalue weighted by atomic mass is 16.6. The number of Topliss-reactive ketones (excluding diaryl/α,β-unsaturated/α-hetero) is 1. The minimum Gasteiger partial charge on any atom is -0.444 e. The number of amides is 1. The lowest BCUT2D eigenvalue weighted by atomic mass is 9.76. The van der Waals surface area contributed by atoms with E-state index in [1.807, 2.05) is 40.0 Å². The van der Waals surface area contributed by atoms with Gasteiger partial charge in [0.25, 0.3) is 0 Å². The van der Waals surface area contributed by atoms with E-state index in [9.17, 15) is 9.59 Å². The van der Waals surface area contributed by atoms with Gasteiger partial charge in [-0.05, 0) is 46.6 Å². The van der Waals surface area contributed by atoms with E-state index in [1.54, 1.807) is 11.1 Å². The predicted octanol–water partition coefficient (Wildman–Crippen LogP) is 3.12. The average Bonchev–Trinajstić information content (AvgIpc) is 3.04. The standard InChI is InChI=1S/C19H27N3O3/c1-18(2,3)25-17(24)22-12-19(4,13-22)16(23)14-9-15(11-20-10-14)21-7-5-6-8-21/h9-11H,5-8,12-13H2,1-4H3. The first-order valence-electron chi connectivity index (χ1n) is 8.91. The van der Waals surface area contributed by atoms with Crippen LogP contribution in [-0.2, 0) is 4.74 Å². The Morgan fingerprint density at radius 1 is 1.16 bits per heavy atom. The second-order valence-electron chi connectivity index (χ2n) is 8.35. The van der Waals surface area contributed by atoms with Crippen LogP contribution in [0.5, 0.6) is 0 Å². The average molecular weight is 345 g/mol. The Labute approximate surface area is 149 Å². The van der Waals surface area contributed by atoms with E-state index in [1.165, 1.54) is 12.8 Å². The fourth-order valence-corrected chi connectivity index (χ4v) is 3.44. The zero-order valence-electron chi connectivity index (χ0n) is 15.5. The van der Waals surface area contributed by atoms with Gasteiger partial charge in [0, 0.05) is 37.9 Å². The van der Waals surface area contributed by atoms with Gasteiger partial charge in [-0.2, -0.15) is 0 Å². The van der Waals surface area contributed by atoms with Crippen molar-refractivity contribution >= 4 is 17.6 Å². The number of hydrogen-bond acceptors (Lipinski definition) is 5. The van der Waals surface area contributed by atoms with Gasteiger partial charge < -0.3 is 14.5 Å². The molecule has 1 amide bonds. The van der Waals surface area contributed by atoms with E-state index >= 15 is 0 Å². The molecule has 25 heavy (non-hydrogen) atoms. The molecule has 0 radical (unpaired) electrons. The topological polar surface area (TPSA) is 62.7 Å². The highest BCUT2D eigenvalue weighted by Crippen LogP contribution is 2.35. The molecule has 0 aromatic carbocycles. The molecule has 2 aliphatic rings. The second-order valence-corrected chi connectivity index (χ2v) is 8.35. The number of carbonyl (C=O) groups excluding carboxylic acids is 2. The smallest absolute Gasteiger partial charge is 0.410 e. The molecular weight excluding hydrogens is 318 g/mol. The highest BCUT2D eigenvalue weighted by Gasteiger charge is 2.48. The van der Waals surface area contributed by atoms with Gasteiger partial charge in [0.15, 0.2) is 5.78 Å². The van der Waals surface area contributed by atoms with Crippen molar-refractivity contribution in [3.63, 3.8) is 0 Å². The maximum atomic E-state index is 12.9. The maximum Gasteiger partial charge on any atom is 0.410 e. The van der Waals surface area contributed by atoms with Crippen molar-refractivity contribution in [2.45, 2.75) is 46.1 Å². The van der Waals surface area contributed by atoms with Gasteiger partial charge in [-0.25, -0.2) is 4.79 Å². The number of ether oxygens (including phenoxy) is 1. The summed E-state index contributed by atoms with van der Waals surface area (Å²) in [5, 5.41) is 0. The Kier molecular flexibility index (Phi) is 4.47. The number of anilines is 1. The van der Waals surface area contributed by atoms with Crippen molar-refractivity contribution in [3.8, 4) is 0 Å². The van der Waals surface area contributed by atoms with Crippen LogP contribution in [0.2, 0.25) is 0 Å². The lowest BCUT2D eigenvalue weighted by Gasteiger charge is -2.46. The number of likely N-dealkylation sites (tertiary alicyclic amines) is 1. The normalized spacial score (nSPS) is 19.5. The van der Waals surface area contributed by atoms with Crippen molar-refractivity contribution in [3.05, 3.63) is 24.0 Å². The highest BCUT2D eigenvalue weighted by molar-refractivity contribution is 6.02. The molecule has 1 aromatic heterocycles. The minimum absolute atomic E-state index is 0.0425. The molecule has 6 nitrogen and oxygen atoms in total. The minimum atomic E-state index is -0.567. The first-order chi connectivity index (χ1) is 11.7. The van der Waals surface area contributed by atoms with Gasteiger partial charge in [0.1, 0.15) is 5.60 Å². The summed E-state index contributed by atoms with van der Waals surface area (Å²) in [6.07, 6.45) is 5.45. The van der Waals surface area contributed by atoms with E-state index < -0.39 is 11.0 Å². The SMILES string of the molecule is CC(C)(C)OC(=O)N1CC(C)(C(=O)c2cncc(N3CCCC3)c2)C1. The molecule has 0 unspecified atom stereocenters. The van der Waals surface area contributed by atoms with Crippen molar-refractivity contribution in [2.75, 3.05) is 31.1 Å². The van der Waals surface area contributed by atoms with Crippen LogP contribution in [0.3, 0.4) is 0 Å². The summed E-state index contributed by atoms with van der Waals surface area (Å²) in [5.41, 5.74) is 0.537. The molecule has 0 saturated carbocycles. The zero-order chi connectivity index (χ0) is 18.2. The molecule has 0 N–H and O–H groups in total. The summed E-state index contributed by atoms with van der Waals surface area (Å²) < 4.78 is 5.36. The second kappa shape index (κ2) is 6.32. The van der Waals surface area contributed by atoms with Gasteiger partial charge >= 0.3 is 6.09 Å². The molecule has 2 fully saturated rings. The third-order valence-corrected chi connectivity index (χ3v) is 4.74. The van der Waals surface area contributed by atoms with Crippen LogP contribution in [0.4, 0.5) is 10.5 Å². The number of rotatable bonds is 3. The molecule has 6 heteroatoms. The summed E-state index contributed by atoms with van der Waals surface area (Å²) in [7, 11) is 0. The van der Waals surface area contributed by atoms with E-state index in [2.05, 4.69) is 9.88 Å². The molecule has 3 heterocycles. The van der Waals surface area contributed by atoms with E-state index in [0.29, 0.717) is 18.7 Å². The Hall–Kier alpha value is -2.11. The van der Waals surface area contributed by atoms with Crippen LogP contribution >= 0.6 is 0 Å². The third kappa shape index (κ3) is 3.78. The molecule has 3 rings (SSSR count). The Bertz CT molecular complexity index is 669. The Morgan fingerprint density at radius 2 is 1.80 bits per heavy atom. The summed E-state index contributed by atoms with van der Waals surface area (Å²) >= 11 is 0. The molecule has 2 saturated heterocycles. The molecular formula is C19H27N3O3. The number of aromatic nitrogens is 1. The fourth-order valence-electron chi connectivity index (χ4n) is 3.44. The molecule has 136 valence electrons. The van der Waals surface area contributed by atoms with Crippen LogP contribution in [-0.4, -0.2) is 53.5 Å². The zero-order valence-corrected chi connectivity index (χ0v) is 15.5. The van der Waals surface area contributed by atoms with Crippen molar-refractivity contribution in [2.24, 2.45) is 5.41 Å². The largest absolute Gasteiger partial charge is 0.444 e. The fraction of sp³-hybridized carbons (Fsp3) is 0.632. The van der Waals surface area contributed by atoms with E-state index in [-0.39, 0.29) is 11.9 Å². The molecule has 0 aliphatic carbocycles. The maximum absolute atomic E-state index is 12.9. The first kappa shape index (κ1) is 17.7. The molecule has 0 atom stereocenters. The van der Waals surface area contributed by atoms with Crippen LogP contribution in [0, 0.1) is 5.41 Å². The van der Waals surface area contributed by atoms with Gasteiger partial charge in [0.2, 0.25) is 0 Å². The van der Waals surface area contributed by atoms with Gasteiger partial charge in [-0.3, -0.25) is 9.78 Å². The van der Waals surface area contributed by atoms with E-state index in [0.717, 1.165) is 18.8 Å². The van der Waals surface area contributed by atoms with Gasteiger partial charge in [-0.1, -0.05) is 0 Å². The van der Waals surface area contributed by atoms with Crippen molar-refractivity contribution in [1.29, 1.82) is 0 Å². The number of carbonyl (C=O) groups is 2. The lowest BCUT2D eigenvalue weighted by molar-refractivity contribution is -0.0197. The number of nitrogens with zero attached hydrogens (tertiary/aromatic N) is 3. The summed E-state index contributed by atoms with van der Waals surface area (Å²) in [4.78, 5) is 33.1. The summed E-state index contributed by atoms with van der Waals surface area (Å²) in [6, 6.07) is 1.93. The summed E-state index contributed by atoms with van der Waals surface area (Å²) in [5.74, 6) is 0.0425. The van der Waals surface area contributed by atoms with Gasteiger partial charge in [-0.15, -0.1) is 0 Å². The van der Waals surface area contributed by atoms with Crippen LogP contribution in [0.1, 0.15) is 50.9 Å².